The highest BCUT2D eigenvalue weighted by Crippen LogP contribution is 2.22. The second-order valence-corrected chi connectivity index (χ2v) is 4.38. The molecule has 0 bridgehead atoms. The average Bonchev–Trinajstić information content (AvgIpc) is 2.28. The van der Waals surface area contributed by atoms with E-state index in [1.807, 2.05) is 12.1 Å². The fraction of sp³-hybridized carbons (Fsp3) is 0.571. The van der Waals surface area contributed by atoms with Crippen LogP contribution in [-0.2, 0) is 0 Å². The van der Waals surface area contributed by atoms with Crippen molar-refractivity contribution in [2.24, 2.45) is 0 Å². The van der Waals surface area contributed by atoms with E-state index in [1.54, 1.807) is 0 Å². The van der Waals surface area contributed by atoms with Crippen molar-refractivity contribution < 1.29 is 0 Å². The van der Waals surface area contributed by atoms with Crippen LogP contribution in [0.15, 0.2) is 24.3 Å². The van der Waals surface area contributed by atoms with Crippen LogP contribution in [0.4, 0.5) is 5.69 Å². The lowest BCUT2D eigenvalue weighted by molar-refractivity contribution is 0.211. The standard InChI is InChI=1S/C14H24N2/c1-4-9-16(10-5-2)12(3)13-7-6-8-14(15)11-13/h6-8,11-12H,4-5,9-10,15H2,1-3H3. The highest BCUT2D eigenvalue weighted by atomic mass is 15.1. The van der Waals surface area contributed by atoms with Gasteiger partial charge in [0.25, 0.3) is 0 Å². The minimum Gasteiger partial charge on any atom is -0.399 e. The Morgan fingerprint density at radius 1 is 1.19 bits per heavy atom. The summed E-state index contributed by atoms with van der Waals surface area (Å²) in [5.74, 6) is 0. The van der Waals surface area contributed by atoms with Crippen molar-refractivity contribution in [1.29, 1.82) is 0 Å². The van der Waals surface area contributed by atoms with Crippen LogP contribution in [0.3, 0.4) is 0 Å². The normalized spacial score (nSPS) is 13.0. The van der Waals surface area contributed by atoms with E-state index in [1.165, 1.54) is 18.4 Å². The Hall–Kier alpha value is -1.02. The van der Waals surface area contributed by atoms with Crippen molar-refractivity contribution in [3.8, 4) is 0 Å². The van der Waals surface area contributed by atoms with Crippen molar-refractivity contribution in [2.45, 2.75) is 39.7 Å². The first kappa shape index (κ1) is 13.0. The zero-order chi connectivity index (χ0) is 12.0. The highest BCUT2D eigenvalue weighted by Gasteiger charge is 2.13. The fourth-order valence-corrected chi connectivity index (χ4v) is 2.10. The molecule has 0 saturated carbocycles. The Morgan fingerprint density at radius 3 is 2.31 bits per heavy atom. The molecular formula is C14H24N2. The van der Waals surface area contributed by atoms with Gasteiger partial charge in [0.2, 0.25) is 0 Å². The molecule has 90 valence electrons. The molecule has 0 saturated heterocycles. The third-order valence-electron chi connectivity index (χ3n) is 2.96. The Bertz CT molecular complexity index is 303. The first-order valence-corrected chi connectivity index (χ1v) is 6.28. The molecule has 2 N–H and O–H groups in total. The van der Waals surface area contributed by atoms with Gasteiger partial charge in [-0.3, -0.25) is 4.90 Å². The number of nitrogens with two attached hydrogens (primary N) is 1. The number of anilines is 1. The molecule has 2 heteroatoms. The van der Waals surface area contributed by atoms with E-state index >= 15 is 0 Å². The van der Waals surface area contributed by atoms with Crippen molar-refractivity contribution in [2.75, 3.05) is 18.8 Å². The van der Waals surface area contributed by atoms with E-state index < -0.39 is 0 Å². The van der Waals surface area contributed by atoms with E-state index in [0.717, 1.165) is 18.8 Å². The molecular weight excluding hydrogens is 196 g/mol. The minimum absolute atomic E-state index is 0.461. The molecule has 0 aliphatic carbocycles. The molecule has 1 aromatic rings. The SMILES string of the molecule is CCCN(CCC)C(C)c1cccc(N)c1. The molecule has 16 heavy (non-hydrogen) atoms. The molecule has 0 radical (unpaired) electrons. The van der Waals surface area contributed by atoms with Crippen molar-refractivity contribution >= 4 is 5.69 Å². The van der Waals surface area contributed by atoms with E-state index in [-0.39, 0.29) is 0 Å². The number of rotatable bonds is 6. The molecule has 0 aliphatic heterocycles. The summed E-state index contributed by atoms with van der Waals surface area (Å²) in [6.45, 7) is 9.04. The van der Waals surface area contributed by atoms with Crippen LogP contribution in [0.1, 0.15) is 45.2 Å². The minimum atomic E-state index is 0.461. The average molecular weight is 220 g/mol. The number of hydrogen-bond acceptors (Lipinski definition) is 2. The third-order valence-corrected chi connectivity index (χ3v) is 2.96. The van der Waals surface area contributed by atoms with E-state index in [9.17, 15) is 0 Å². The van der Waals surface area contributed by atoms with Gasteiger partial charge in [-0.15, -0.1) is 0 Å². The Balaban J connectivity index is 2.76. The highest BCUT2D eigenvalue weighted by molar-refractivity contribution is 5.41. The topological polar surface area (TPSA) is 29.3 Å². The molecule has 0 aliphatic rings. The number of benzene rings is 1. The number of nitrogen functional groups attached to an aromatic ring is 1. The zero-order valence-corrected chi connectivity index (χ0v) is 10.7. The van der Waals surface area contributed by atoms with Gasteiger partial charge in [0, 0.05) is 11.7 Å². The summed E-state index contributed by atoms with van der Waals surface area (Å²) < 4.78 is 0. The zero-order valence-electron chi connectivity index (χ0n) is 10.7. The Kier molecular flexibility index (Phi) is 5.33. The van der Waals surface area contributed by atoms with Crippen LogP contribution >= 0.6 is 0 Å². The lowest BCUT2D eigenvalue weighted by atomic mass is 10.1. The van der Waals surface area contributed by atoms with Crippen LogP contribution in [0, 0.1) is 0 Å². The van der Waals surface area contributed by atoms with Crippen LogP contribution in [0.5, 0.6) is 0 Å². The van der Waals surface area contributed by atoms with Crippen molar-refractivity contribution in [1.82, 2.24) is 4.90 Å². The molecule has 1 atom stereocenters. The van der Waals surface area contributed by atoms with Crippen molar-refractivity contribution in [3.05, 3.63) is 29.8 Å². The maximum Gasteiger partial charge on any atom is 0.0320 e. The van der Waals surface area contributed by atoms with Gasteiger partial charge in [-0.25, -0.2) is 0 Å². The molecule has 0 amide bonds. The van der Waals surface area contributed by atoms with Gasteiger partial charge in [-0.05, 0) is 50.6 Å². The van der Waals surface area contributed by atoms with Gasteiger partial charge in [0.15, 0.2) is 0 Å². The Morgan fingerprint density at radius 2 is 1.81 bits per heavy atom. The summed E-state index contributed by atoms with van der Waals surface area (Å²) in [6, 6.07) is 8.70. The second-order valence-electron chi connectivity index (χ2n) is 4.38. The summed E-state index contributed by atoms with van der Waals surface area (Å²) in [6.07, 6.45) is 2.40. The molecule has 2 nitrogen and oxygen atoms in total. The van der Waals surface area contributed by atoms with Gasteiger partial charge in [0.1, 0.15) is 0 Å². The molecule has 0 fully saturated rings. The first-order valence-electron chi connectivity index (χ1n) is 6.28. The molecule has 0 spiro atoms. The molecule has 0 aromatic heterocycles. The van der Waals surface area contributed by atoms with Crippen molar-refractivity contribution in [3.63, 3.8) is 0 Å². The largest absolute Gasteiger partial charge is 0.399 e. The predicted molar refractivity (Wildman–Crippen MR) is 71.4 cm³/mol. The smallest absolute Gasteiger partial charge is 0.0320 e. The summed E-state index contributed by atoms with van der Waals surface area (Å²) in [5.41, 5.74) is 8.01. The van der Waals surface area contributed by atoms with Gasteiger partial charge in [-0.1, -0.05) is 26.0 Å². The summed E-state index contributed by atoms with van der Waals surface area (Å²) in [5, 5.41) is 0. The molecule has 1 unspecified atom stereocenters. The molecule has 0 heterocycles. The fourth-order valence-electron chi connectivity index (χ4n) is 2.10. The van der Waals surface area contributed by atoms with Gasteiger partial charge < -0.3 is 5.73 Å². The lowest BCUT2D eigenvalue weighted by Gasteiger charge is -2.28. The van der Waals surface area contributed by atoms with Gasteiger partial charge in [0.05, 0.1) is 0 Å². The Labute approximate surface area is 99.5 Å². The lowest BCUT2D eigenvalue weighted by Crippen LogP contribution is -2.28. The summed E-state index contributed by atoms with van der Waals surface area (Å²) in [4.78, 5) is 2.52. The third kappa shape index (κ3) is 3.53. The van der Waals surface area contributed by atoms with E-state index in [2.05, 4.69) is 37.8 Å². The second kappa shape index (κ2) is 6.54. The number of hydrogen-bond donors (Lipinski definition) is 1. The molecule has 1 rings (SSSR count). The van der Waals surface area contributed by atoms with Crippen LogP contribution in [0.25, 0.3) is 0 Å². The van der Waals surface area contributed by atoms with Gasteiger partial charge in [-0.2, -0.15) is 0 Å². The first-order chi connectivity index (χ1) is 7.69. The maximum absolute atomic E-state index is 5.83. The van der Waals surface area contributed by atoms with Crippen LogP contribution in [0.2, 0.25) is 0 Å². The summed E-state index contributed by atoms with van der Waals surface area (Å²) in [7, 11) is 0. The van der Waals surface area contributed by atoms with E-state index in [0.29, 0.717) is 6.04 Å². The van der Waals surface area contributed by atoms with Crippen LogP contribution < -0.4 is 5.73 Å². The monoisotopic (exact) mass is 220 g/mol. The maximum atomic E-state index is 5.83. The quantitative estimate of drug-likeness (QED) is 0.744. The summed E-state index contributed by atoms with van der Waals surface area (Å²) >= 11 is 0. The van der Waals surface area contributed by atoms with Crippen LogP contribution in [-0.4, -0.2) is 18.0 Å². The number of nitrogens with zero attached hydrogens (tertiary/aromatic N) is 1. The van der Waals surface area contributed by atoms with E-state index in [4.69, 9.17) is 5.73 Å². The predicted octanol–water partition coefficient (Wildman–Crippen LogP) is 3.45. The molecule has 1 aromatic carbocycles. The van der Waals surface area contributed by atoms with Gasteiger partial charge >= 0.3 is 0 Å².